The van der Waals surface area contributed by atoms with Gasteiger partial charge in [0.2, 0.25) is 0 Å². The van der Waals surface area contributed by atoms with Gasteiger partial charge in [-0.05, 0) is 30.5 Å². The highest BCUT2D eigenvalue weighted by Gasteiger charge is 2.07. The lowest BCUT2D eigenvalue weighted by molar-refractivity contribution is -0.123. The van der Waals surface area contributed by atoms with E-state index in [9.17, 15) is 4.79 Å². The fourth-order valence-electron chi connectivity index (χ4n) is 2.30. The second-order valence-electron chi connectivity index (χ2n) is 5.64. The van der Waals surface area contributed by atoms with Crippen molar-refractivity contribution < 1.29 is 9.53 Å². The second-order valence-corrected chi connectivity index (χ2v) is 6.04. The number of hydrogen-bond acceptors (Lipinski definition) is 3. The van der Waals surface area contributed by atoms with E-state index < -0.39 is 0 Å². The maximum Gasteiger partial charge on any atom is 0.277 e. The summed E-state index contributed by atoms with van der Waals surface area (Å²) in [5, 5.41) is 4.78. The predicted octanol–water partition coefficient (Wildman–Crippen LogP) is 4.82. The third kappa shape index (κ3) is 6.59. The number of hydrazone groups is 1. The molecule has 0 bridgehead atoms. The Hall–Kier alpha value is -2.33. The number of nitrogens with zero attached hydrogens (tertiary/aromatic N) is 1. The van der Waals surface area contributed by atoms with Crippen molar-refractivity contribution in [3.8, 4) is 5.75 Å². The van der Waals surface area contributed by atoms with Gasteiger partial charge in [-0.2, -0.15) is 5.10 Å². The lowest BCUT2D eigenvalue weighted by atomic mass is 10.0. The summed E-state index contributed by atoms with van der Waals surface area (Å²) in [5.74, 6) is 0.165. The average Bonchev–Trinajstić information content (AvgIpc) is 2.64. The minimum atomic E-state index is -0.316. The number of amides is 1. The van der Waals surface area contributed by atoms with E-state index in [1.807, 2.05) is 36.4 Å². The zero-order chi connectivity index (χ0) is 17.9. The molecule has 0 spiro atoms. The van der Waals surface area contributed by atoms with Crippen LogP contribution >= 0.6 is 11.6 Å². The molecule has 1 amide bonds. The largest absolute Gasteiger partial charge is 0.482 e. The Labute approximate surface area is 153 Å². The number of benzene rings is 2. The summed E-state index contributed by atoms with van der Waals surface area (Å²) in [6.07, 6.45) is 4.13. The van der Waals surface area contributed by atoms with Crippen molar-refractivity contribution in [3.63, 3.8) is 0 Å². The zero-order valence-electron chi connectivity index (χ0n) is 14.4. The molecule has 5 heteroatoms. The molecule has 2 aromatic carbocycles. The van der Waals surface area contributed by atoms with Gasteiger partial charge in [-0.25, -0.2) is 5.43 Å². The monoisotopic (exact) mass is 358 g/mol. The Morgan fingerprint density at radius 3 is 2.52 bits per heavy atom. The van der Waals surface area contributed by atoms with Crippen molar-refractivity contribution in [2.75, 3.05) is 6.61 Å². The van der Waals surface area contributed by atoms with Crippen molar-refractivity contribution in [1.29, 1.82) is 0 Å². The van der Waals surface area contributed by atoms with Crippen LogP contribution in [-0.2, 0) is 4.79 Å². The van der Waals surface area contributed by atoms with Crippen LogP contribution in [0.15, 0.2) is 59.7 Å². The van der Waals surface area contributed by atoms with Crippen LogP contribution in [0.5, 0.6) is 5.75 Å². The van der Waals surface area contributed by atoms with E-state index >= 15 is 0 Å². The summed E-state index contributed by atoms with van der Waals surface area (Å²) >= 11 is 6.00. The zero-order valence-corrected chi connectivity index (χ0v) is 15.1. The highest BCUT2D eigenvalue weighted by atomic mass is 35.5. The molecule has 0 fully saturated rings. The molecule has 0 atom stereocenters. The number of unbranched alkanes of at least 4 members (excludes halogenated alkanes) is 2. The Morgan fingerprint density at radius 1 is 1.08 bits per heavy atom. The molecule has 0 aliphatic heterocycles. The number of ether oxygens (including phenoxy) is 1. The number of rotatable bonds is 9. The highest BCUT2D eigenvalue weighted by Crippen LogP contribution is 2.22. The summed E-state index contributed by atoms with van der Waals surface area (Å²) in [6.45, 7) is 2.03. The fourth-order valence-corrected chi connectivity index (χ4v) is 2.50. The summed E-state index contributed by atoms with van der Waals surface area (Å²) in [5.41, 5.74) is 4.47. The molecule has 4 nitrogen and oxygen atoms in total. The second kappa shape index (κ2) is 10.5. The normalized spacial score (nSPS) is 11.2. The first-order valence-corrected chi connectivity index (χ1v) is 8.86. The summed E-state index contributed by atoms with van der Waals surface area (Å²) in [7, 11) is 0. The first-order valence-electron chi connectivity index (χ1n) is 8.49. The molecule has 0 aromatic heterocycles. The van der Waals surface area contributed by atoms with E-state index in [1.54, 1.807) is 18.2 Å². The quantitative estimate of drug-likeness (QED) is 0.397. The molecule has 2 aromatic rings. The van der Waals surface area contributed by atoms with Crippen molar-refractivity contribution in [2.24, 2.45) is 5.10 Å². The van der Waals surface area contributed by atoms with Crippen molar-refractivity contribution in [2.45, 2.75) is 32.6 Å². The van der Waals surface area contributed by atoms with Crippen molar-refractivity contribution in [3.05, 3.63) is 65.2 Å². The van der Waals surface area contributed by atoms with Gasteiger partial charge in [-0.15, -0.1) is 0 Å². The number of para-hydroxylation sites is 1. The summed E-state index contributed by atoms with van der Waals surface area (Å²) in [6, 6.07) is 16.9. The van der Waals surface area contributed by atoms with E-state index in [1.165, 1.54) is 0 Å². The van der Waals surface area contributed by atoms with Gasteiger partial charge in [0.25, 0.3) is 5.91 Å². The van der Waals surface area contributed by atoms with E-state index in [2.05, 4.69) is 17.5 Å². The maximum absolute atomic E-state index is 12.0. The molecule has 132 valence electrons. The Balaban J connectivity index is 1.94. The fraction of sp³-hybridized carbons (Fsp3) is 0.300. The average molecular weight is 359 g/mol. The molecule has 2 rings (SSSR count). The third-order valence-electron chi connectivity index (χ3n) is 3.64. The van der Waals surface area contributed by atoms with Gasteiger partial charge in [-0.1, -0.05) is 73.8 Å². The molecule has 0 saturated carbocycles. The van der Waals surface area contributed by atoms with Gasteiger partial charge >= 0.3 is 0 Å². The topological polar surface area (TPSA) is 50.7 Å². The van der Waals surface area contributed by atoms with Crippen LogP contribution in [-0.4, -0.2) is 18.2 Å². The first-order chi connectivity index (χ1) is 12.2. The Bertz CT molecular complexity index is 702. The van der Waals surface area contributed by atoms with Crippen LogP contribution in [0.4, 0.5) is 0 Å². The molecule has 1 N–H and O–H groups in total. The Morgan fingerprint density at radius 2 is 1.80 bits per heavy atom. The number of carbonyl (C=O) groups excluding carboxylic acids is 1. The maximum atomic E-state index is 12.0. The van der Waals surface area contributed by atoms with E-state index in [0.717, 1.165) is 37.0 Å². The minimum absolute atomic E-state index is 0.135. The van der Waals surface area contributed by atoms with Crippen LogP contribution in [0.3, 0.4) is 0 Å². The standard InChI is InChI=1S/C20H23ClN2O2/c1-2-3-5-13-18(16-10-6-4-7-11-16)22-23-20(24)15-25-19-14-9-8-12-17(19)21/h4,6-12,14H,2-3,5,13,15H2,1H3,(H,23,24)/b22-18+. The molecular formula is C20H23ClN2O2. The van der Waals surface area contributed by atoms with Gasteiger partial charge in [-0.3, -0.25) is 4.79 Å². The summed E-state index contributed by atoms with van der Waals surface area (Å²) < 4.78 is 5.42. The van der Waals surface area contributed by atoms with Crippen LogP contribution in [0.25, 0.3) is 0 Å². The van der Waals surface area contributed by atoms with Crippen LogP contribution in [0, 0.1) is 0 Å². The van der Waals surface area contributed by atoms with E-state index in [-0.39, 0.29) is 12.5 Å². The van der Waals surface area contributed by atoms with Crippen LogP contribution < -0.4 is 10.2 Å². The molecule has 0 aliphatic rings. The lowest BCUT2D eigenvalue weighted by Crippen LogP contribution is -2.26. The van der Waals surface area contributed by atoms with E-state index in [0.29, 0.717) is 10.8 Å². The van der Waals surface area contributed by atoms with Crippen molar-refractivity contribution >= 4 is 23.2 Å². The molecule has 0 saturated heterocycles. The van der Waals surface area contributed by atoms with E-state index in [4.69, 9.17) is 16.3 Å². The predicted molar refractivity (Wildman–Crippen MR) is 102 cm³/mol. The van der Waals surface area contributed by atoms with Crippen molar-refractivity contribution in [1.82, 2.24) is 5.43 Å². The SMILES string of the molecule is CCCCC/C(=N\NC(=O)COc1ccccc1Cl)c1ccccc1. The van der Waals surface area contributed by atoms with Gasteiger partial charge in [0.05, 0.1) is 10.7 Å². The number of hydrogen-bond donors (Lipinski definition) is 1. The van der Waals surface area contributed by atoms with Crippen LogP contribution in [0.1, 0.15) is 38.2 Å². The van der Waals surface area contributed by atoms with Gasteiger partial charge in [0, 0.05) is 0 Å². The molecule has 0 radical (unpaired) electrons. The molecule has 0 heterocycles. The van der Waals surface area contributed by atoms with Gasteiger partial charge in [0.15, 0.2) is 6.61 Å². The number of carbonyl (C=O) groups is 1. The Kier molecular flexibility index (Phi) is 7.99. The minimum Gasteiger partial charge on any atom is -0.482 e. The molecule has 0 aliphatic carbocycles. The molecule has 25 heavy (non-hydrogen) atoms. The third-order valence-corrected chi connectivity index (χ3v) is 3.95. The lowest BCUT2D eigenvalue weighted by Gasteiger charge is -2.09. The number of nitrogens with one attached hydrogen (secondary N) is 1. The smallest absolute Gasteiger partial charge is 0.277 e. The highest BCUT2D eigenvalue weighted by molar-refractivity contribution is 6.32. The molecular weight excluding hydrogens is 336 g/mol. The van der Waals surface area contributed by atoms with Gasteiger partial charge in [0.1, 0.15) is 5.75 Å². The van der Waals surface area contributed by atoms with Gasteiger partial charge < -0.3 is 4.74 Å². The first kappa shape index (κ1) is 19.0. The summed E-state index contributed by atoms with van der Waals surface area (Å²) in [4.78, 5) is 12.0. The number of halogens is 1. The molecule has 0 unspecified atom stereocenters. The van der Waals surface area contributed by atoms with Crippen LogP contribution in [0.2, 0.25) is 5.02 Å².